The van der Waals surface area contributed by atoms with Crippen molar-refractivity contribution in [3.63, 3.8) is 0 Å². The number of ether oxygens (including phenoxy) is 3. The molecule has 0 radical (unpaired) electrons. The van der Waals surface area contributed by atoms with E-state index in [1.165, 1.54) is 0 Å². The van der Waals surface area contributed by atoms with Crippen LogP contribution in [0, 0.1) is 0 Å². The van der Waals surface area contributed by atoms with E-state index in [1.807, 2.05) is 65.0 Å². The van der Waals surface area contributed by atoms with Crippen LogP contribution in [-0.4, -0.2) is 51.9 Å². The van der Waals surface area contributed by atoms with Crippen molar-refractivity contribution in [2.75, 3.05) is 6.54 Å². The van der Waals surface area contributed by atoms with E-state index in [4.69, 9.17) is 14.2 Å². The van der Waals surface area contributed by atoms with Gasteiger partial charge in [0.05, 0.1) is 6.10 Å². The first-order valence-corrected chi connectivity index (χ1v) is 12.3. The van der Waals surface area contributed by atoms with Crippen LogP contribution in [0.25, 0.3) is 0 Å². The minimum Gasteiger partial charge on any atom is -0.489 e. The minimum absolute atomic E-state index is 0.187. The van der Waals surface area contributed by atoms with Crippen LogP contribution in [0.4, 0.5) is 4.79 Å². The highest BCUT2D eigenvalue weighted by molar-refractivity contribution is 5.95. The predicted molar refractivity (Wildman–Crippen MR) is 133 cm³/mol. The first-order chi connectivity index (χ1) is 16.5. The molecule has 0 bridgehead atoms. The fourth-order valence-corrected chi connectivity index (χ4v) is 4.74. The second-order valence-corrected chi connectivity index (χ2v) is 10.7. The Kier molecular flexibility index (Phi) is 7.08. The van der Waals surface area contributed by atoms with E-state index in [0.29, 0.717) is 24.5 Å². The van der Waals surface area contributed by atoms with Gasteiger partial charge < -0.3 is 14.2 Å². The summed E-state index contributed by atoms with van der Waals surface area (Å²) in [5.41, 5.74) is 0.0955. The van der Waals surface area contributed by atoms with Gasteiger partial charge in [0, 0.05) is 12.1 Å². The fourth-order valence-electron chi connectivity index (χ4n) is 4.74. The van der Waals surface area contributed by atoms with Gasteiger partial charge in [-0.15, -0.1) is 0 Å². The number of rotatable bonds is 4. The zero-order valence-corrected chi connectivity index (χ0v) is 21.3. The number of benzene rings is 2. The molecule has 4 rings (SSSR count). The molecular formula is C28H36N2O5. The Labute approximate surface area is 207 Å². The summed E-state index contributed by atoms with van der Waals surface area (Å²) < 4.78 is 17.9. The normalized spacial score (nSPS) is 21.7. The van der Waals surface area contributed by atoms with Gasteiger partial charge in [-0.1, -0.05) is 30.3 Å². The van der Waals surface area contributed by atoms with Gasteiger partial charge in [-0.3, -0.25) is 14.6 Å². The highest BCUT2D eigenvalue weighted by atomic mass is 16.6. The molecule has 2 fully saturated rings. The number of likely N-dealkylation sites (tertiary alicyclic amines) is 1. The van der Waals surface area contributed by atoms with Crippen LogP contribution in [0.2, 0.25) is 0 Å². The molecule has 2 atom stereocenters. The summed E-state index contributed by atoms with van der Waals surface area (Å²) in [4.78, 5) is 30.3. The molecule has 35 heavy (non-hydrogen) atoms. The van der Waals surface area contributed by atoms with Gasteiger partial charge in [0.1, 0.15) is 29.8 Å². The number of hydrogen-bond donors (Lipinski definition) is 0. The molecule has 2 saturated heterocycles. The Bertz CT molecular complexity index is 1030. The molecule has 0 saturated carbocycles. The second-order valence-electron chi connectivity index (χ2n) is 10.7. The van der Waals surface area contributed by atoms with Crippen molar-refractivity contribution < 1.29 is 23.8 Å². The summed E-state index contributed by atoms with van der Waals surface area (Å²) in [7, 11) is 0. The maximum absolute atomic E-state index is 13.8. The van der Waals surface area contributed by atoms with E-state index in [9.17, 15) is 9.59 Å². The van der Waals surface area contributed by atoms with Gasteiger partial charge in [0.25, 0.3) is 5.91 Å². The molecule has 2 aromatic carbocycles. The monoisotopic (exact) mass is 480 g/mol. The molecular weight excluding hydrogens is 444 g/mol. The maximum Gasteiger partial charge on any atom is 0.412 e. The SMILES string of the molecule is CC(C)(C)OC(=O)N1CCCC[C@H]2OC(C)(C)N(C(=O)c3ccc(OCc4ccccc4)cc3)[C@@H]21. The van der Waals surface area contributed by atoms with E-state index >= 15 is 0 Å². The number of hydrogen-bond acceptors (Lipinski definition) is 5. The number of fused-ring (bicyclic) bond motifs is 1. The van der Waals surface area contributed by atoms with Crippen molar-refractivity contribution in [1.29, 1.82) is 0 Å². The largest absolute Gasteiger partial charge is 0.489 e. The lowest BCUT2D eigenvalue weighted by Gasteiger charge is -2.39. The van der Waals surface area contributed by atoms with Crippen LogP contribution in [-0.2, 0) is 16.1 Å². The van der Waals surface area contributed by atoms with Gasteiger partial charge >= 0.3 is 6.09 Å². The third-order valence-electron chi connectivity index (χ3n) is 6.27. The quantitative estimate of drug-likeness (QED) is 0.571. The summed E-state index contributed by atoms with van der Waals surface area (Å²) in [6, 6.07) is 17.1. The molecule has 0 N–H and O–H groups in total. The molecule has 2 aliphatic rings. The summed E-state index contributed by atoms with van der Waals surface area (Å²) in [5.74, 6) is 0.498. The zero-order chi connectivity index (χ0) is 25.2. The lowest BCUT2D eigenvalue weighted by molar-refractivity contribution is -0.0672. The number of amides is 2. The first kappa shape index (κ1) is 25.0. The van der Waals surface area contributed by atoms with Crippen LogP contribution < -0.4 is 4.74 Å². The Morgan fingerprint density at radius 2 is 1.71 bits per heavy atom. The summed E-state index contributed by atoms with van der Waals surface area (Å²) in [5, 5.41) is 0. The van der Waals surface area contributed by atoms with E-state index < -0.39 is 23.6 Å². The molecule has 2 amide bonds. The van der Waals surface area contributed by atoms with E-state index in [-0.39, 0.29) is 12.0 Å². The van der Waals surface area contributed by atoms with Crippen LogP contribution in [0.15, 0.2) is 54.6 Å². The molecule has 0 spiro atoms. The van der Waals surface area contributed by atoms with Gasteiger partial charge in [-0.2, -0.15) is 0 Å². The van der Waals surface area contributed by atoms with Crippen molar-refractivity contribution in [1.82, 2.24) is 9.80 Å². The number of carbonyl (C=O) groups excluding carboxylic acids is 2. The predicted octanol–water partition coefficient (Wildman–Crippen LogP) is 5.59. The summed E-state index contributed by atoms with van der Waals surface area (Å²) in [6.07, 6.45) is 1.33. The summed E-state index contributed by atoms with van der Waals surface area (Å²) in [6.45, 7) is 10.3. The highest BCUT2D eigenvalue weighted by Gasteiger charge is 2.54. The molecule has 2 heterocycles. The maximum atomic E-state index is 13.8. The van der Waals surface area contributed by atoms with E-state index in [0.717, 1.165) is 24.8 Å². The third-order valence-corrected chi connectivity index (χ3v) is 6.27. The molecule has 2 aromatic rings. The minimum atomic E-state index is -0.869. The summed E-state index contributed by atoms with van der Waals surface area (Å²) >= 11 is 0. The van der Waals surface area contributed by atoms with Crippen LogP contribution >= 0.6 is 0 Å². The first-order valence-electron chi connectivity index (χ1n) is 12.3. The average molecular weight is 481 g/mol. The fraction of sp³-hybridized carbons (Fsp3) is 0.500. The molecule has 7 heteroatoms. The molecule has 0 unspecified atom stereocenters. The lowest BCUT2D eigenvalue weighted by Crippen LogP contribution is -2.57. The van der Waals surface area contributed by atoms with Crippen LogP contribution in [0.1, 0.15) is 69.8 Å². The van der Waals surface area contributed by atoms with Crippen molar-refractivity contribution in [2.24, 2.45) is 0 Å². The third kappa shape index (κ3) is 5.78. The number of nitrogens with zero attached hydrogens (tertiary/aromatic N) is 2. The van der Waals surface area contributed by atoms with Gasteiger partial charge in [0.15, 0.2) is 0 Å². The Morgan fingerprint density at radius 3 is 2.37 bits per heavy atom. The Balaban J connectivity index is 1.55. The van der Waals surface area contributed by atoms with Crippen molar-refractivity contribution in [3.8, 4) is 5.75 Å². The molecule has 2 aliphatic heterocycles. The standard InChI is InChI=1S/C28H36N2O5/c1-27(2,3)35-26(32)29-18-10-9-13-23-24(29)30(28(4,5)34-23)25(31)21-14-16-22(17-15-21)33-19-20-11-7-6-8-12-20/h6-8,11-12,14-17,23-24H,9-10,13,18-19H2,1-5H3/t23-,24+/m1/s1. The van der Waals surface area contributed by atoms with Gasteiger partial charge in [-0.25, -0.2) is 4.79 Å². The Morgan fingerprint density at radius 1 is 1.03 bits per heavy atom. The van der Waals surface area contributed by atoms with Crippen molar-refractivity contribution in [3.05, 3.63) is 65.7 Å². The second kappa shape index (κ2) is 9.90. The van der Waals surface area contributed by atoms with Gasteiger partial charge in [-0.05, 0) is 83.7 Å². The van der Waals surface area contributed by atoms with Gasteiger partial charge in [0.2, 0.25) is 0 Å². The van der Waals surface area contributed by atoms with Crippen molar-refractivity contribution >= 4 is 12.0 Å². The van der Waals surface area contributed by atoms with E-state index in [1.54, 1.807) is 34.1 Å². The van der Waals surface area contributed by atoms with E-state index in [2.05, 4.69) is 0 Å². The smallest absolute Gasteiger partial charge is 0.412 e. The highest BCUT2D eigenvalue weighted by Crippen LogP contribution is 2.39. The molecule has 0 aromatic heterocycles. The Hall–Kier alpha value is -3.06. The molecule has 188 valence electrons. The zero-order valence-electron chi connectivity index (χ0n) is 21.3. The topological polar surface area (TPSA) is 68.3 Å². The molecule has 0 aliphatic carbocycles. The average Bonchev–Trinajstić information content (AvgIpc) is 2.92. The molecule has 7 nitrogen and oxygen atoms in total. The van der Waals surface area contributed by atoms with Crippen molar-refractivity contribution in [2.45, 2.75) is 84.1 Å². The van der Waals surface area contributed by atoms with Crippen LogP contribution in [0.5, 0.6) is 5.75 Å². The van der Waals surface area contributed by atoms with Crippen LogP contribution in [0.3, 0.4) is 0 Å². The lowest BCUT2D eigenvalue weighted by atomic mass is 10.1. The number of carbonyl (C=O) groups is 2.